The average Bonchev–Trinajstić information content (AvgIpc) is 3.21. The van der Waals surface area contributed by atoms with Crippen molar-refractivity contribution in [1.29, 1.82) is 0 Å². The van der Waals surface area contributed by atoms with Gasteiger partial charge in [-0.1, -0.05) is 0 Å². The maximum Gasteiger partial charge on any atom is 0.422 e. The van der Waals surface area contributed by atoms with Gasteiger partial charge in [-0.2, -0.15) is 13.2 Å². The van der Waals surface area contributed by atoms with Gasteiger partial charge in [0.05, 0.1) is 5.69 Å². The second-order valence-electron chi connectivity index (χ2n) is 7.94. The van der Waals surface area contributed by atoms with Gasteiger partial charge in [0.2, 0.25) is 0 Å². The topological polar surface area (TPSA) is 45.7 Å². The molecule has 3 aromatic rings. The first-order chi connectivity index (χ1) is 15.6. The number of nitrogens with zero attached hydrogens (tertiary/aromatic N) is 3. The molecule has 9 heteroatoms. The van der Waals surface area contributed by atoms with Crippen molar-refractivity contribution in [1.82, 2.24) is 9.88 Å². The summed E-state index contributed by atoms with van der Waals surface area (Å²) in [5.74, 6) is -1.00. The lowest BCUT2D eigenvalue weighted by molar-refractivity contribution is -0.153. The summed E-state index contributed by atoms with van der Waals surface area (Å²) in [6.45, 7) is -0.510. The van der Waals surface area contributed by atoms with Crippen molar-refractivity contribution in [2.24, 2.45) is 0 Å². The molecule has 1 aliphatic heterocycles. The number of anilines is 1. The molecule has 4 rings (SSSR count). The normalized spacial score (nSPS) is 13.1. The maximum atomic E-state index is 13.8. The highest BCUT2D eigenvalue weighted by Crippen LogP contribution is 2.38. The summed E-state index contributed by atoms with van der Waals surface area (Å²) in [4.78, 5) is 20.1. The van der Waals surface area contributed by atoms with Crippen molar-refractivity contribution in [3.63, 3.8) is 0 Å². The van der Waals surface area contributed by atoms with E-state index in [-0.39, 0.29) is 11.7 Å². The largest absolute Gasteiger partial charge is 0.483 e. The standard InChI is InChI=1S/C24H21F4N3O2/c1-30(2)23(32)15-3-6-18(7-4-15)31-12-16-9-10-29-22(20(16)13-31)19-8-5-17(25)11-21(19)33-14-24(26,27)28/h3-11H,12-14H2,1-2H3. The molecule has 172 valence electrons. The van der Waals surface area contributed by atoms with Crippen molar-refractivity contribution >= 4 is 11.6 Å². The number of fused-ring (bicyclic) bond motifs is 1. The Morgan fingerprint density at radius 3 is 2.48 bits per heavy atom. The monoisotopic (exact) mass is 459 g/mol. The molecule has 33 heavy (non-hydrogen) atoms. The number of ether oxygens (including phenoxy) is 1. The third-order valence-electron chi connectivity index (χ3n) is 5.34. The fourth-order valence-corrected chi connectivity index (χ4v) is 3.77. The molecular weight excluding hydrogens is 438 g/mol. The Labute approximate surface area is 188 Å². The van der Waals surface area contributed by atoms with Crippen LogP contribution < -0.4 is 9.64 Å². The number of carbonyl (C=O) groups excluding carboxylic acids is 1. The van der Waals surface area contributed by atoms with E-state index >= 15 is 0 Å². The zero-order valence-corrected chi connectivity index (χ0v) is 18.0. The second kappa shape index (κ2) is 8.73. The van der Waals surface area contributed by atoms with Crippen LogP contribution in [0.3, 0.4) is 0 Å². The van der Waals surface area contributed by atoms with Crippen LogP contribution in [0.4, 0.5) is 23.2 Å². The van der Waals surface area contributed by atoms with E-state index in [4.69, 9.17) is 4.74 Å². The Hall–Kier alpha value is -3.62. The number of hydrogen-bond acceptors (Lipinski definition) is 4. The number of pyridine rings is 1. The molecule has 0 saturated heterocycles. The second-order valence-corrected chi connectivity index (χ2v) is 7.94. The lowest BCUT2D eigenvalue weighted by atomic mass is 10.0. The number of halogens is 4. The summed E-state index contributed by atoms with van der Waals surface area (Å²) >= 11 is 0. The Kier molecular flexibility index (Phi) is 5.97. The highest BCUT2D eigenvalue weighted by atomic mass is 19.4. The van der Waals surface area contributed by atoms with Gasteiger partial charge in [0.25, 0.3) is 5.91 Å². The Morgan fingerprint density at radius 1 is 1.09 bits per heavy atom. The van der Waals surface area contributed by atoms with E-state index in [1.54, 1.807) is 32.4 Å². The van der Waals surface area contributed by atoms with Gasteiger partial charge in [-0.15, -0.1) is 0 Å². The third kappa shape index (κ3) is 4.92. The van der Waals surface area contributed by atoms with Crippen LogP contribution in [0.2, 0.25) is 0 Å². The van der Waals surface area contributed by atoms with Gasteiger partial charge >= 0.3 is 6.18 Å². The molecule has 1 aromatic heterocycles. The molecule has 0 fully saturated rings. The van der Waals surface area contributed by atoms with Crippen molar-refractivity contribution in [2.45, 2.75) is 19.3 Å². The molecular formula is C24H21F4N3O2. The maximum absolute atomic E-state index is 13.8. The first-order valence-electron chi connectivity index (χ1n) is 10.2. The van der Waals surface area contributed by atoms with Crippen molar-refractivity contribution in [3.05, 3.63) is 77.2 Å². The fraction of sp³-hybridized carbons (Fsp3) is 0.250. The van der Waals surface area contributed by atoms with Crippen LogP contribution in [0, 0.1) is 5.82 Å². The van der Waals surface area contributed by atoms with Crippen LogP contribution in [0.15, 0.2) is 54.7 Å². The van der Waals surface area contributed by atoms with Gasteiger partial charge in [-0.05, 0) is 48.0 Å². The van der Waals surface area contributed by atoms with Gasteiger partial charge < -0.3 is 14.5 Å². The number of amides is 1. The molecule has 0 aliphatic carbocycles. The quantitative estimate of drug-likeness (QED) is 0.501. The van der Waals surface area contributed by atoms with E-state index < -0.39 is 18.6 Å². The van der Waals surface area contributed by atoms with E-state index in [0.717, 1.165) is 22.9 Å². The Bertz CT molecular complexity index is 1180. The van der Waals surface area contributed by atoms with Gasteiger partial charge in [0.1, 0.15) is 11.6 Å². The van der Waals surface area contributed by atoms with Crippen LogP contribution in [0.1, 0.15) is 21.5 Å². The summed E-state index contributed by atoms with van der Waals surface area (Å²) < 4.78 is 56.7. The zero-order chi connectivity index (χ0) is 23.8. The minimum Gasteiger partial charge on any atom is -0.483 e. The van der Waals surface area contributed by atoms with Crippen molar-refractivity contribution in [2.75, 3.05) is 25.6 Å². The molecule has 0 atom stereocenters. The van der Waals surface area contributed by atoms with Crippen LogP contribution in [-0.4, -0.2) is 42.7 Å². The highest BCUT2D eigenvalue weighted by Gasteiger charge is 2.30. The summed E-state index contributed by atoms with van der Waals surface area (Å²) in [7, 11) is 3.37. The summed E-state index contributed by atoms with van der Waals surface area (Å²) in [5.41, 5.74) is 3.99. The predicted molar refractivity (Wildman–Crippen MR) is 116 cm³/mol. The average molecular weight is 459 g/mol. The fourth-order valence-electron chi connectivity index (χ4n) is 3.77. The van der Waals surface area contributed by atoms with Gasteiger partial charge in [0.15, 0.2) is 6.61 Å². The lowest BCUT2D eigenvalue weighted by Crippen LogP contribution is -2.21. The SMILES string of the molecule is CN(C)C(=O)c1ccc(N2Cc3ccnc(-c4ccc(F)cc4OCC(F)(F)F)c3C2)cc1. The lowest BCUT2D eigenvalue weighted by Gasteiger charge is -2.19. The number of benzene rings is 2. The molecule has 0 bridgehead atoms. The van der Waals surface area contributed by atoms with Gasteiger partial charge in [0, 0.05) is 61.8 Å². The smallest absolute Gasteiger partial charge is 0.422 e. The summed E-state index contributed by atoms with van der Waals surface area (Å²) in [5, 5.41) is 0. The van der Waals surface area contributed by atoms with Crippen molar-refractivity contribution < 1.29 is 27.1 Å². The molecule has 0 N–H and O–H groups in total. The molecule has 0 saturated carbocycles. The first-order valence-corrected chi connectivity index (χ1v) is 10.2. The molecule has 0 radical (unpaired) electrons. The molecule has 0 spiro atoms. The predicted octanol–water partition coefficient (Wildman–Crippen LogP) is 5.05. The van der Waals surface area contributed by atoms with Crippen molar-refractivity contribution in [3.8, 4) is 17.0 Å². The number of aromatic nitrogens is 1. The minimum atomic E-state index is -4.55. The van der Waals surface area contributed by atoms with E-state index in [1.165, 1.54) is 17.0 Å². The molecule has 1 amide bonds. The number of hydrogen-bond donors (Lipinski definition) is 0. The number of carbonyl (C=O) groups is 1. The number of rotatable bonds is 5. The number of alkyl halides is 3. The summed E-state index contributed by atoms with van der Waals surface area (Å²) in [6, 6.07) is 12.6. The van der Waals surface area contributed by atoms with Gasteiger partial charge in [-0.25, -0.2) is 4.39 Å². The third-order valence-corrected chi connectivity index (χ3v) is 5.34. The van der Waals surface area contributed by atoms with Crippen LogP contribution in [0.5, 0.6) is 5.75 Å². The van der Waals surface area contributed by atoms with Crippen LogP contribution >= 0.6 is 0 Å². The van der Waals surface area contributed by atoms with E-state index in [9.17, 15) is 22.4 Å². The van der Waals surface area contributed by atoms with E-state index in [0.29, 0.717) is 29.9 Å². The molecule has 1 aliphatic rings. The van der Waals surface area contributed by atoms with Gasteiger partial charge in [-0.3, -0.25) is 9.78 Å². The van der Waals surface area contributed by atoms with Crippen LogP contribution in [0.25, 0.3) is 11.3 Å². The zero-order valence-electron chi connectivity index (χ0n) is 18.0. The highest BCUT2D eigenvalue weighted by molar-refractivity contribution is 5.94. The minimum absolute atomic E-state index is 0.0968. The van der Waals surface area contributed by atoms with E-state index in [2.05, 4.69) is 9.88 Å². The first kappa shape index (κ1) is 22.6. The Balaban J connectivity index is 1.63. The molecule has 2 heterocycles. The molecule has 0 unspecified atom stereocenters. The van der Waals surface area contributed by atoms with Crippen LogP contribution in [-0.2, 0) is 13.1 Å². The molecule has 2 aromatic carbocycles. The Morgan fingerprint density at radius 2 is 1.82 bits per heavy atom. The summed E-state index contributed by atoms with van der Waals surface area (Å²) in [6.07, 6.45) is -2.97. The molecule has 5 nitrogen and oxygen atoms in total. The van der Waals surface area contributed by atoms with E-state index in [1.807, 2.05) is 18.2 Å².